The highest BCUT2D eigenvalue weighted by atomic mass is 16.6. The Labute approximate surface area is 114 Å². The molecule has 102 valence electrons. The number of anilines is 1. The average Bonchev–Trinajstić information content (AvgIpc) is 2.85. The van der Waals surface area contributed by atoms with Crippen molar-refractivity contribution in [2.24, 2.45) is 0 Å². The van der Waals surface area contributed by atoms with Gasteiger partial charge < -0.3 is 4.74 Å². The monoisotopic (exact) mass is 259 g/mol. The van der Waals surface area contributed by atoms with Crippen molar-refractivity contribution < 1.29 is 9.53 Å². The Bertz CT molecular complexity index is 504. The minimum Gasteiger partial charge on any atom is -0.443 e. The molecule has 0 aromatic heterocycles. The van der Waals surface area contributed by atoms with Gasteiger partial charge in [-0.2, -0.15) is 0 Å². The summed E-state index contributed by atoms with van der Waals surface area (Å²) in [5.74, 6) is 0.503. The van der Waals surface area contributed by atoms with Gasteiger partial charge in [-0.05, 0) is 45.2 Å². The second kappa shape index (κ2) is 4.26. The lowest BCUT2D eigenvalue weighted by Gasteiger charge is -2.28. The Balaban J connectivity index is 1.94. The molecule has 1 saturated carbocycles. The van der Waals surface area contributed by atoms with Crippen LogP contribution in [0, 0.1) is 0 Å². The van der Waals surface area contributed by atoms with Crippen molar-refractivity contribution in [1.29, 1.82) is 0 Å². The van der Waals surface area contributed by atoms with Gasteiger partial charge >= 0.3 is 6.09 Å². The number of para-hydroxylation sites is 1. The minimum atomic E-state index is -0.442. The van der Waals surface area contributed by atoms with Crippen LogP contribution in [0.15, 0.2) is 24.3 Å². The smallest absolute Gasteiger partial charge is 0.415 e. The molecule has 3 nitrogen and oxygen atoms in total. The summed E-state index contributed by atoms with van der Waals surface area (Å²) in [7, 11) is 0. The fourth-order valence-corrected chi connectivity index (χ4v) is 3.36. The third-order valence-corrected chi connectivity index (χ3v) is 4.00. The zero-order chi connectivity index (χ0) is 13.6. The van der Waals surface area contributed by atoms with E-state index in [1.54, 1.807) is 0 Å². The number of hydrogen-bond acceptors (Lipinski definition) is 2. The molecule has 0 saturated heterocycles. The molecule has 3 rings (SSSR count). The molecule has 1 heterocycles. The van der Waals surface area contributed by atoms with Crippen LogP contribution in [0.1, 0.15) is 51.5 Å². The van der Waals surface area contributed by atoms with Crippen molar-refractivity contribution in [2.75, 3.05) is 4.90 Å². The Morgan fingerprint density at radius 3 is 2.74 bits per heavy atom. The minimum absolute atomic E-state index is 0.200. The van der Waals surface area contributed by atoms with Crippen molar-refractivity contribution in [3.8, 4) is 0 Å². The fraction of sp³-hybridized carbons (Fsp3) is 0.562. The number of fused-ring (bicyclic) bond motifs is 3. The van der Waals surface area contributed by atoms with Crippen molar-refractivity contribution in [1.82, 2.24) is 0 Å². The van der Waals surface area contributed by atoms with E-state index in [0.29, 0.717) is 12.0 Å². The van der Waals surface area contributed by atoms with Crippen LogP contribution in [-0.2, 0) is 4.74 Å². The first-order valence-electron chi connectivity index (χ1n) is 7.08. The molecule has 0 bridgehead atoms. The van der Waals surface area contributed by atoms with Crippen molar-refractivity contribution in [2.45, 2.75) is 57.6 Å². The molecule has 2 aliphatic rings. The molecule has 3 heteroatoms. The first kappa shape index (κ1) is 12.5. The van der Waals surface area contributed by atoms with Gasteiger partial charge in [0, 0.05) is 12.0 Å². The second-order valence-electron chi connectivity index (χ2n) is 6.51. The number of rotatable bonds is 0. The lowest BCUT2D eigenvalue weighted by atomic mass is 9.98. The molecule has 0 radical (unpaired) electrons. The van der Waals surface area contributed by atoms with Crippen LogP contribution in [0.2, 0.25) is 0 Å². The van der Waals surface area contributed by atoms with Gasteiger partial charge in [-0.15, -0.1) is 0 Å². The summed E-state index contributed by atoms with van der Waals surface area (Å²) in [5.41, 5.74) is 1.92. The Hall–Kier alpha value is -1.51. The molecule has 19 heavy (non-hydrogen) atoms. The van der Waals surface area contributed by atoms with E-state index >= 15 is 0 Å². The van der Waals surface area contributed by atoms with Crippen LogP contribution in [0.4, 0.5) is 10.5 Å². The molecule has 1 amide bonds. The van der Waals surface area contributed by atoms with Gasteiger partial charge in [0.25, 0.3) is 0 Å². The van der Waals surface area contributed by atoms with Crippen LogP contribution >= 0.6 is 0 Å². The highest BCUT2D eigenvalue weighted by Crippen LogP contribution is 2.49. The summed E-state index contributed by atoms with van der Waals surface area (Å²) < 4.78 is 5.57. The number of amides is 1. The highest BCUT2D eigenvalue weighted by Gasteiger charge is 2.45. The van der Waals surface area contributed by atoms with Crippen LogP contribution < -0.4 is 4.90 Å². The largest absolute Gasteiger partial charge is 0.443 e. The lowest BCUT2D eigenvalue weighted by molar-refractivity contribution is 0.0568. The predicted octanol–water partition coefficient (Wildman–Crippen LogP) is 4.08. The SMILES string of the molecule is CC(C)(C)OC(=O)N1c2ccccc2[C@@H]2CCC[C@H]21. The molecule has 0 N–H and O–H groups in total. The van der Waals surface area contributed by atoms with Gasteiger partial charge in [0.2, 0.25) is 0 Å². The van der Waals surface area contributed by atoms with E-state index in [9.17, 15) is 4.79 Å². The number of carbonyl (C=O) groups is 1. The first-order chi connectivity index (χ1) is 8.97. The molecular weight excluding hydrogens is 238 g/mol. The number of hydrogen-bond donors (Lipinski definition) is 0. The van der Waals surface area contributed by atoms with Crippen LogP contribution in [0.5, 0.6) is 0 Å². The molecule has 1 aliphatic heterocycles. The molecule has 1 aromatic carbocycles. The van der Waals surface area contributed by atoms with Crippen molar-refractivity contribution >= 4 is 11.8 Å². The molecule has 0 spiro atoms. The zero-order valence-electron chi connectivity index (χ0n) is 11.8. The van der Waals surface area contributed by atoms with E-state index in [2.05, 4.69) is 12.1 Å². The lowest BCUT2D eigenvalue weighted by Crippen LogP contribution is -2.41. The Morgan fingerprint density at radius 1 is 1.26 bits per heavy atom. The van der Waals surface area contributed by atoms with Gasteiger partial charge in [-0.3, -0.25) is 4.90 Å². The predicted molar refractivity (Wildman–Crippen MR) is 75.5 cm³/mol. The van der Waals surface area contributed by atoms with Crippen LogP contribution in [0.3, 0.4) is 0 Å². The second-order valence-corrected chi connectivity index (χ2v) is 6.51. The van der Waals surface area contributed by atoms with E-state index in [-0.39, 0.29) is 6.09 Å². The summed E-state index contributed by atoms with van der Waals surface area (Å²) in [4.78, 5) is 14.4. The number of nitrogens with zero attached hydrogens (tertiary/aromatic N) is 1. The number of benzene rings is 1. The maximum absolute atomic E-state index is 12.5. The standard InChI is InChI=1S/C16H21NO2/c1-16(2,3)19-15(18)17-13-9-5-4-7-11(13)12-8-6-10-14(12)17/h4-5,7,9,12,14H,6,8,10H2,1-3H3/t12-,14+/m0/s1. The molecule has 1 fully saturated rings. The van der Waals surface area contributed by atoms with E-state index < -0.39 is 5.60 Å². The summed E-state index contributed by atoms with van der Waals surface area (Å²) in [6, 6.07) is 8.55. The summed E-state index contributed by atoms with van der Waals surface area (Å²) in [5, 5.41) is 0. The highest BCUT2D eigenvalue weighted by molar-refractivity contribution is 5.92. The average molecular weight is 259 g/mol. The van der Waals surface area contributed by atoms with Crippen molar-refractivity contribution in [3.63, 3.8) is 0 Å². The maximum atomic E-state index is 12.5. The topological polar surface area (TPSA) is 29.5 Å². The van der Waals surface area contributed by atoms with Gasteiger partial charge in [0.05, 0.1) is 5.69 Å². The van der Waals surface area contributed by atoms with Crippen molar-refractivity contribution in [3.05, 3.63) is 29.8 Å². The van der Waals surface area contributed by atoms with Gasteiger partial charge in [0.15, 0.2) is 0 Å². The molecule has 1 aromatic rings. The number of ether oxygens (including phenoxy) is 1. The normalized spacial score (nSPS) is 25.1. The van der Waals surface area contributed by atoms with Gasteiger partial charge in [-0.1, -0.05) is 24.6 Å². The summed E-state index contributed by atoms with van der Waals surface area (Å²) in [6.07, 6.45) is 3.26. The maximum Gasteiger partial charge on any atom is 0.415 e. The van der Waals surface area contributed by atoms with Gasteiger partial charge in [0.1, 0.15) is 5.60 Å². The van der Waals surface area contributed by atoms with Gasteiger partial charge in [-0.25, -0.2) is 4.79 Å². The molecule has 0 unspecified atom stereocenters. The summed E-state index contributed by atoms with van der Waals surface area (Å²) in [6.45, 7) is 5.75. The number of carbonyl (C=O) groups excluding carboxylic acids is 1. The zero-order valence-corrected chi connectivity index (χ0v) is 11.8. The van der Waals surface area contributed by atoms with Crippen LogP contribution in [0.25, 0.3) is 0 Å². The quantitative estimate of drug-likeness (QED) is 0.702. The van der Waals surface area contributed by atoms with E-state index in [1.165, 1.54) is 18.4 Å². The first-order valence-corrected chi connectivity index (χ1v) is 7.08. The van der Waals surface area contributed by atoms with E-state index in [4.69, 9.17) is 4.74 Å². The van der Waals surface area contributed by atoms with E-state index in [0.717, 1.165) is 12.1 Å². The fourth-order valence-electron chi connectivity index (χ4n) is 3.36. The molecule has 1 aliphatic carbocycles. The third-order valence-electron chi connectivity index (χ3n) is 4.00. The Morgan fingerprint density at radius 2 is 2.00 bits per heavy atom. The molecule has 2 atom stereocenters. The Kier molecular flexibility index (Phi) is 2.80. The van der Waals surface area contributed by atoms with Crippen LogP contribution in [-0.4, -0.2) is 17.7 Å². The third kappa shape index (κ3) is 2.11. The van der Waals surface area contributed by atoms with E-state index in [1.807, 2.05) is 37.8 Å². The molecular formula is C16H21NO2. The summed E-state index contributed by atoms with van der Waals surface area (Å²) >= 11 is 0.